The molecule has 0 radical (unpaired) electrons. The lowest BCUT2D eigenvalue weighted by atomic mass is 10.2. The van der Waals surface area contributed by atoms with Gasteiger partial charge in [-0.25, -0.2) is 8.42 Å². The van der Waals surface area contributed by atoms with E-state index in [0.29, 0.717) is 22.8 Å². The van der Waals surface area contributed by atoms with E-state index in [0.717, 1.165) is 11.1 Å². The number of anilines is 1. The van der Waals surface area contributed by atoms with E-state index in [1.807, 2.05) is 19.1 Å². The van der Waals surface area contributed by atoms with Crippen LogP contribution in [-0.2, 0) is 16.6 Å². The van der Waals surface area contributed by atoms with Crippen molar-refractivity contribution in [2.24, 2.45) is 0 Å². The van der Waals surface area contributed by atoms with Crippen molar-refractivity contribution in [3.63, 3.8) is 0 Å². The number of aryl methyl sites for hydroxylation is 1. The number of halogens is 1. The van der Waals surface area contributed by atoms with Gasteiger partial charge in [-0.15, -0.1) is 0 Å². The van der Waals surface area contributed by atoms with Gasteiger partial charge in [0.2, 0.25) is 0 Å². The zero-order chi connectivity index (χ0) is 20.1. The molecule has 0 aromatic heterocycles. The van der Waals surface area contributed by atoms with Gasteiger partial charge in [0.05, 0.1) is 4.90 Å². The number of hydrogen-bond donors (Lipinski definition) is 2. The maximum atomic E-state index is 12.5. The molecule has 0 spiro atoms. The third-order valence-electron chi connectivity index (χ3n) is 4.07. The Morgan fingerprint density at radius 3 is 2.32 bits per heavy atom. The van der Waals surface area contributed by atoms with Crippen molar-refractivity contribution in [3.05, 3.63) is 94.5 Å². The number of carbonyl (C=O) groups excluding carboxylic acids is 1. The summed E-state index contributed by atoms with van der Waals surface area (Å²) in [7, 11) is -3.73. The van der Waals surface area contributed by atoms with E-state index in [4.69, 9.17) is 11.6 Å². The van der Waals surface area contributed by atoms with Crippen LogP contribution in [0, 0.1) is 6.92 Å². The molecule has 0 saturated heterocycles. The number of benzene rings is 3. The first kappa shape index (κ1) is 19.9. The lowest BCUT2D eigenvalue weighted by molar-refractivity contribution is 0.0951. The van der Waals surface area contributed by atoms with Crippen molar-refractivity contribution < 1.29 is 13.2 Å². The lowest BCUT2D eigenvalue weighted by Gasteiger charge is -2.10. The molecule has 7 heteroatoms. The number of hydrogen-bond acceptors (Lipinski definition) is 3. The zero-order valence-corrected chi connectivity index (χ0v) is 16.7. The highest BCUT2D eigenvalue weighted by molar-refractivity contribution is 7.92. The van der Waals surface area contributed by atoms with E-state index in [2.05, 4.69) is 10.0 Å². The molecule has 0 unspecified atom stereocenters. The van der Waals surface area contributed by atoms with Crippen molar-refractivity contribution in [3.8, 4) is 0 Å². The normalized spacial score (nSPS) is 11.1. The van der Waals surface area contributed by atoms with Gasteiger partial charge < -0.3 is 5.32 Å². The summed E-state index contributed by atoms with van der Waals surface area (Å²) in [6, 6.07) is 20.1. The fraction of sp³-hybridized carbons (Fsp3) is 0.0952. The molecule has 0 aliphatic heterocycles. The molecule has 0 heterocycles. The van der Waals surface area contributed by atoms with Crippen molar-refractivity contribution in [1.82, 2.24) is 5.32 Å². The second-order valence-electron chi connectivity index (χ2n) is 6.31. The Morgan fingerprint density at radius 1 is 0.964 bits per heavy atom. The molecule has 5 nitrogen and oxygen atoms in total. The van der Waals surface area contributed by atoms with Gasteiger partial charge in [0, 0.05) is 22.8 Å². The fourth-order valence-corrected chi connectivity index (χ4v) is 3.72. The number of nitrogens with one attached hydrogen (secondary N) is 2. The minimum absolute atomic E-state index is 0.163. The van der Waals surface area contributed by atoms with Crippen molar-refractivity contribution >= 4 is 33.2 Å². The topological polar surface area (TPSA) is 75.3 Å². The molecule has 0 fully saturated rings. The quantitative estimate of drug-likeness (QED) is 0.628. The smallest absolute Gasteiger partial charge is 0.261 e. The Balaban J connectivity index is 1.70. The number of rotatable bonds is 6. The molecule has 0 atom stereocenters. The predicted octanol–water partition coefficient (Wildman–Crippen LogP) is 4.38. The molecule has 3 aromatic carbocycles. The fourth-order valence-electron chi connectivity index (χ4n) is 2.54. The van der Waals surface area contributed by atoms with Crippen LogP contribution in [-0.4, -0.2) is 14.3 Å². The zero-order valence-electron chi connectivity index (χ0n) is 15.1. The van der Waals surface area contributed by atoms with E-state index < -0.39 is 10.0 Å². The molecule has 3 aromatic rings. The summed E-state index contributed by atoms with van der Waals surface area (Å²) in [5, 5.41) is 3.43. The van der Waals surface area contributed by atoms with Crippen molar-refractivity contribution in [2.45, 2.75) is 18.4 Å². The van der Waals surface area contributed by atoms with E-state index >= 15 is 0 Å². The number of amides is 1. The largest absolute Gasteiger partial charge is 0.348 e. The van der Waals surface area contributed by atoms with Crippen LogP contribution in [0.25, 0.3) is 0 Å². The summed E-state index contributed by atoms with van der Waals surface area (Å²) in [4.78, 5) is 12.6. The van der Waals surface area contributed by atoms with Crippen LogP contribution in [0.1, 0.15) is 21.5 Å². The number of sulfonamides is 1. The predicted molar refractivity (Wildman–Crippen MR) is 111 cm³/mol. The Kier molecular flexibility index (Phi) is 6.02. The highest BCUT2D eigenvalue weighted by Crippen LogP contribution is 2.18. The van der Waals surface area contributed by atoms with Crippen molar-refractivity contribution in [1.29, 1.82) is 0 Å². The molecule has 1 amide bonds. The van der Waals surface area contributed by atoms with Crippen LogP contribution in [0.2, 0.25) is 5.02 Å². The van der Waals surface area contributed by atoms with Crippen LogP contribution in [0.3, 0.4) is 0 Å². The third-order valence-corrected chi connectivity index (χ3v) is 5.72. The van der Waals surface area contributed by atoms with Crippen LogP contribution < -0.4 is 10.0 Å². The van der Waals surface area contributed by atoms with Gasteiger partial charge in [-0.3, -0.25) is 9.52 Å². The van der Waals surface area contributed by atoms with E-state index in [-0.39, 0.29) is 10.8 Å². The van der Waals surface area contributed by atoms with Gasteiger partial charge in [-0.05, 0) is 55.0 Å². The first-order valence-electron chi connectivity index (χ1n) is 8.56. The van der Waals surface area contributed by atoms with Crippen LogP contribution >= 0.6 is 11.6 Å². The van der Waals surface area contributed by atoms with Crippen molar-refractivity contribution in [2.75, 3.05) is 4.72 Å². The first-order valence-corrected chi connectivity index (χ1v) is 10.4. The van der Waals surface area contributed by atoms with Gasteiger partial charge in [0.15, 0.2) is 0 Å². The third kappa shape index (κ3) is 5.12. The lowest BCUT2D eigenvalue weighted by Crippen LogP contribution is -2.23. The standard InChI is InChI=1S/C21H19ClN2O3S/c1-15-5-11-20(12-6-15)28(26,27)24-19-4-2-3-17(13-19)21(25)23-14-16-7-9-18(22)10-8-16/h2-13,24H,14H2,1H3,(H,23,25). The summed E-state index contributed by atoms with van der Waals surface area (Å²) in [6.07, 6.45) is 0. The average molecular weight is 415 g/mol. The van der Waals surface area contributed by atoms with Crippen LogP contribution in [0.5, 0.6) is 0 Å². The second kappa shape index (κ2) is 8.46. The molecule has 0 bridgehead atoms. The molecule has 3 rings (SSSR count). The van der Waals surface area contributed by atoms with Gasteiger partial charge in [-0.1, -0.05) is 47.5 Å². The molecule has 2 N–H and O–H groups in total. The minimum Gasteiger partial charge on any atom is -0.348 e. The summed E-state index contributed by atoms with van der Waals surface area (Å²) in [5.41, 5.74) is 2.56. The Labute approximate surface area is 169 Å². The van der Waals surface area contributed by atoms with Gasteiger partial charge >= 0.3 is 0 Å². The average Bonchev–Trinajstić information content (AvgIpc) is 2.67. The number of carbonyl (C=O) groups is 1. The summed E-state index contributed by atoms with van der Waals surface area (Å²) in [6.45, 7) is 2.23. The molecular formula is C21H19ClN2O3S. The monoisotopic (exact) mass is 414 g/mol. The highest BCUT2D eigenvalue weighted by Gasteiger charge is 2.15. The maximum absolute atomic E-state index is 12.5. The van der Waals surface area contributed by atoms with Gasteiger partial charge in [0.25, 0.3) is 15.9 Å². The van der Waals surface area contributed by atoms with E-state index in [1.54, 1.807) is 54.6 Å². The summed E-state index contributed by atoms with van der Waals surface area (Å²) >= 11 is 5.85. The second-order valence-corrected chi connectivity index (χ2v) is 8.43. The Hall–Kier alpha value is -2.83. The van der Waals surface area contributed by atoms with Crippen LogP contribution in [0.4, 0.5) is 5.69 Å². The molecule has 28 heavy (non-hydrogen) atoms. The highest BCUT2D eigenvalue weighted by atomic mass is 35.5. The van der Waals surface area contributed by atoms with Crippen LogP contribution in [0.15, 0.2) is 77.7 Å². The minimum atomic E-state index is -3.73. The maximum Gasteiger partial charge on any atom is 0.261 e. The molecule has 0 saturated carbocycles. The Bertz CT molecular complexity index is 1080. The molecule has 0 aliphatic rings. The summed E-state index contributed by atoms with van der Waals surface area (Å²) < 4.78 is 27.5. The Morgan fingerprint density at radius 2 is 1.64 bits per heavy atom. The SMILES string of the molecule is Cc1ccc(S(=O)(=O)Nc2cccc(C(=O)NCc3ccc(Cl)cc3)c2)cc1. The van der Waals surface area contributed by atoms with E-state index in [1.165, 1.54) is 6.07 Å². The summed E-state index contributed by atoms with van der Waals surface area (Å²) in [5.74, 6) is -0.300. The molecule has 144 valence electrons. The first-order chi connectivity index (χ1) is 13.3. The molecular weight excluding hydrogens is 396 g/mol. The van der Waals surface area contributed by atoms with E-state index in [9.17, 15) is 13.2 Å². The van der Waals surface area contributed by atoms with Gasteiger partial charge in [-0.2, -0.15) is 0 Å². The molecule has 0 aliphatic carbocycles. The van der Waals surface area contributed by atoms with Gasteiger partial charge in [0.1, 0.15) is 0 Å².